The van der Waals surface area contributed by atoms with Gasteiger partial charge in [-0.3, -0.25) is 4.79 Å². The molecule has 1 aromatic heterocycles. The molecule has 4 nitrogen and oxygen atoms in total. The molecule has 2 N–H and O–H groups in total. The van der Waals surface area contributed by atoms with Gasteiger partial charge in [-0.2, -0.15) is 0 Å². The van der Waals surface area contributed by atoms with Crippen molar-refractivity contribution in [2.45, 2.75) is 65.8 Å². The van der Waals surface area contributed by atoms with Crippen LogP contribution in [0.2, 0.25) is 0 Å². The second-order valence-electron chi connectivity index (χ2n) is 5.68. The molecule has 0 fully saturated rings. The zero-order valence-corrected chi connectivity index (χ0v) is 13.8. The van der Waals surface area contributed by atoms with Crippen molar-refractivity contribution in [3.8, 4) is 0 Å². The van der Waals surface area contributed by atoms with E-state index in [2.05, 4.69) is 36.4 Å². The second kappa shape index (κ2) is 9.37. The highest BCUT2D eigenvalue weighted by Crippen LogP contribution is 2.11. The number of anilines is 1. The Hall–Kier alpha value is -1.58. The fraction of sp³-hybridized carbons (Fsp3) is 0.647. The normalized spacial score (nSPS) is 12.0. The first-order valence-corrected chi connectivity index (χ1v) is 8.10. The average molecular weight is 291 g/mol. The van der Waals surface area contributed by atoms with E-state index in [1.165, 1.54) is 12.8 Å². The maximum Gasteiger partial charge on any atom is 0.251 e. The molecule has 0 aliphatic carbocycles. The number of hydrogen-bond donors (Lipinski definition) is 2. The van der Waals surface area contributed by atoms with Gasteiger partial charge in [-0.05, 0) is 38.8 Å². The predicted molar refractivity (Wildman–Crippen MR) is 88.8 cm³/mol. The van der Waals surface area contributed by atoms with Crippen LogP contribution in [0.1, 0.15) is 68.9 Å². The summed E-state index contributed by atoms with van der Waals surface area (Å²) in [4.78, 5) is 16.7. The highest BCUT2D eigenvalue weighted by molar-refractivity contribution is 5.95. The number of aryl methyl sites for hydroxylation is 1. The number of rotatable bonds is 9. The molecule has 0 aliphatic rings. The Labute approximate surface area is 128 Å². The minimum absolute atomic E-state index is 0.0101. The quantitative estimate of drug-likeness (QED) is 0.678. The molecule has 1 aromatic rings. The molecule has 1 unspecified atom stereocenters. The van der Waals surface area contributed by atoms with Gasteiger partial charge in [0.05, 0.1) is 0 Å². The zero-order chi connectivity index (χ0) is 15.7. The van der Waals surface area contributed by atoms with E-state index >= 15 is 0 Å². The van der Waals surface area contributed by atoms with E-state index in [0.29, 0.717) is 5.56 Å². The van der Waals surface area contributed by atoms with Crippen molar-refractivity contribution < 1.29 is 4.79 Å². The largest absolute Gasteiger partial charge is 0.370 e. The van der Waals surface area contributed by atoms with Crippen LogP contribution in [0.3, 0.4) is 0 Å². The molecular weight excluding hydrogens is 262 g/mol. The summed E-state index contributed by atoms with van der Waals surface area (Å²) in [5, 5.41) is 6.31. The van der Waals surface area contributed by atoms with Gasteiger partial charge in [0, 0.05) is 23.8 Å². The Morgan fingerprint density at radius 3 is 2.67 bits per heavy atom. The first kappa shape index (κ1) is 17.5. The summed E-state index contributed by atoms with van der Waals surface area (Å²) in [5.41, 5.74) is 1.54. The monoisotopic (exact) mass is 291 g/mol. The first-order chi connectivity index (χ1) is 10.1. The third kappa shape index (κ3) is 6.61. The van der Waals surface area contributed by atoms with E-state index in [1.807, 2.05) is 19.1 Å². The Bertz CT molecular complexity index is 446. The van der Waals surface area contributed by atoms with Crippen LogP contribution in [0.5, 0.6) is 0 Å². The van der Waals surface area contributed by atoms with E-state index in [9.17, 15) is 4.79 Å². The minimum atomic E-state index is -0.0101. The summed E-state index contributed by atoms with van der Waals surface area (Å²) in [7, 11) is 0. The lowest BCUT2D eigenvalue weighted by atomic mass is 10.1. The maximum atomic E-state index is 12.3. The molecule has 0 aromatic carbocycles. The fourth-order valence-electron chi connectivity index (χ4n) is 2.22. The number of hydrogen-bond acceptors (Lipinski definition) is 3. The van der Waals surface area contributed by atoms with Crippen molar-refractivity contribution in [1.29, 1.82) is 0 Å². The Kier molecular flexibility index (Phi) is 7.80. The standard InChI is InChI=1S/C17H29N3O/c1-5-7-8-9-13(3)20-17(21)15-11-14(4)19-16(12-15)18-10-6-2/h11-13H,5-10H2,1-4H3,(H,18,19)(H,20,21). The second-order valence-corrected chi connectivity index (χ2v) is 5.68. The van der Waals surface area contributed by atoms with Gasteiger partial charge in [0.1, 0.15) is 5.82 Å². The van der Waals surface area contributed by atoms with E-state index in [0.717, 1.165) is 37.3 Å². The Balaban J connectivity index is 2.62. The topological polar surface area (TPSA) is 54.0 Å². The van der Waals surface area contributed by atoms with Gasteiger partial charge in [0.15, 0.2) is 0 Å². The Morgan fingerprint density at radius 2 is 2.00 bits per heavy atom. The maximum absolute atomic E-state index is 12.3. The molecule has 0 saturated heterocycles. The molecule has 4 heteroatoms. The average Bonchev–Trinajstić information content (AvgIpc) is 2.44. The summed E-state index contributed by atoms with van der Waals surface area (Å²) >= 11 is 0. The first-order valence-electron chi connectivity index (χ1n) is 8.10. The van der Waals surface area contributed by atoms with Gasteiger partial charge in [0.25, 0.3) is 5.91 Å². The molecular formula is C17H29N3O. The summed E-state index contributed by atoms with van der Waals surface area (Å²) < 4.78 is 0. The molecule has 1 rings (SSSR count). The molecule has 0 saturated carbocycles. The summed E-state index contributed by atoms with van der Waals surface area (Å²) in [6.07, 6.45) is 5.66. The molecule has 1 amide bonds. The van der Waals surface area contributed by atoms with Crippen LogP contribution >= 0.6 is 0 Å². The van der Waals surface area contributed by atoms with Gasteiger partial charge in [-0.15, -0.1) is 0 Å². The summed E-state index contributed by atoms with van der Waals surface area (Å²) in [6.45, 7) is 9.14. The van der Waals surface area contributed by atoms with Crippen molar-refractivity contribution in [2.75, 3.05) is 11.9 Å². The third-order valence-electron chi connectivity index (χ3n) is 3.39. The molecule has 118 valence electrons. The SMILES string of the molecule is CCCCCC(C)NC(=O)c1cc(C)nc(NCCC)c1. The summed E-state index contributed by atoms with van der Waals surface area (Å²) in [6, 6.07) is 3.88. The smallest absolute Gasteiger partial charge is 0.251 e. The molecule has 0 radical (unpaired) electrons. The van der Waals surface area contributed by atoms with E-state index in [1.54, 1.807) is 0 Å². The number of carbonyl (C=O) groups excluding carboxylic acids is 1. The minimum Gasteiger partial charge on any atom is -0.370 e. The van der Waals surface area contributed by atoms with Crippen molar-refractivity contribution in [3.63, 3.8) is 0 Å². The van der Waals surface area contributed by atoms with E-state index < -0.39 is 0 Å². The lowest BCUT2D eigenvalue weighted by Gasteiger charge is -2.14. The van der Waals surface area contributed by atoms with Crippen molar-refractivity contribution in [1.82, 2.24) is 10.3 Å². The van der Waals surface area contributed by atoms with Crippen LogP contribution in [-0.2, 0) is 0 Å². The molecule has 21 heavy (non-hydrogen) atoms. The van der Waals surface area contributed by atoms with E-state index in [-0.39, 0.29) is 11.9 Å². The fourth-order valence-corrected chi connectivity index (χ4v) is 2.22. The number of unbranched alkanes of at least 4 members (excludes halogenated alkanes) is 2. The predicted octanol–water partition coefficient (Wildman–Crippen LogP) is 3.91. The van der Waals surface area contributed by atoms with Gasteiger partial charge in [-0.25, -0.2) is 4.98 Å². The Morgan fingerprint density at radius 1 is 1.24 bits per heavy atom. The van der Waals surface area contributed by atoms with Gasteiger partial charge < -0.3 is 10.6 Å². The van der Waals surface area contributed by atoms with Crippen LogP contribution in [0.15, 0.2) is 12.1 Å². The lowest BCUT2D eigenvalue weighted by molar-refractivity contribution is 0.0937. The highest BCUT2D eigenvalue weighted by atomic mass is 16.1. The lowest BCUT2D eigenvalue weighted by Crippen LogP contribution is -2.32. The van der Waals surface area contributed by atoms with Crippen molar-refractivity contribution in [2.24, 2.45) is 0 Å². The van der Waals surface area contributed by atoms with Crippen LogP contribution in [0, 0.1) is 6.92 Å². The van der Waals surface area contributed by atoms with E-state index in [4.69, 9.17) is 0 Å². The molecule has 0 aliphatic heterocycles. The van der Waals surface area contributed by atoms with Crippen LogP contribution < -0.4 is 10.6 Å². The number of amides is 1. The van der Waals surface area contributed by atoms with Crippen LogP contribution in [-0.4, -0.2) is 23.5 Å². The molecule has 0 spiro atoms. The van der Waals surface area contributed by atoms with Gasteiger partial charge >= 0.3 is 0 Å². The van der Waals surface area contributed by atoms with Crippen LogP contribution in [0.25, 0.3) is 0 Å². The third-order valence-corrected chi connectivity index (χ3v) is 3.39. The van der Waals surface area contributed by atoms with Crippen LogP contribution in [0.4, 0.5) is 5.82 Å². The van der Waals surface area contributed by atoms with Crippen molar-refractivity contribution in [3.05, 3.63) is 23.4 Å². The number of pyridine rings is 1. The summed E-state index contributed by atoms with van der Waals surface area (Å²) in [5.74, 6) is 0.768. The van der Waals surface area contributed by atoms with Crippen molar-refractivity contribution >= 4 is 11.7 Å². The zero-order valence-electron chi connectivity index (χ0n) is 13.8. The number of nitrogens with one attached hydrogen (secondary N) is 2. The number of carbonyl (C=O) groups is 1. The van der Waals surface area contributed by atoms with Gasteiger partial charge in [-0.1, -0.05) is 33.1 Å². The molecule has 1 atom stereocenters. The molecule has 0 bridgehead atoms. The highest BCUT2D eigenvalue weighted by Gasteiger charge is 2.11. The number of nitrogens with zero attached hydrogens (tertiary/aromatic N) is 1. The van der Waals surface area contributed by atoms with Gasteiger partial charge in [0.2, 0.25) is 0 Å². The molecule has 1 heterocycles. The number of aromatic nitrogens is 1.